The maximum Gasteiger partial charge on any atom is 0.323 e. The third-order valence-corrected chi connectivity index (χ3v) is 6.28. The van der Waals surface area contributed by atoms with Gasteiger partial charge in [-0.25, -0.2) is 13.2 Å². The van der Waals surface area contributed by atoms with Crippen molar-refractivity contribution >= 4 is 21.1 Å². The van der Waals surface area contributed by atoms with Crippen LogP contribution in [-0.4, -0.2) is 59.8 Å². The van der Waals surface area contributed by atoms with Gasteiger partial charge in [-0.1, -0.05) is 0 Å². The molecular weight excluding hydrogens is 304 g/mol. The Morgan fingerprint density at radius 2 is 1.68 bits per heavy atom. The van der Waals surface area contributed by atoms with Gasteiger partial charge in [-0.3, -0.25) is 4.90 Å². The van der Waals surface area contributed by atoms with Gasteiger partial charge < -0.3 is 9.97 Å². The molecule has 0 amide bonds. The van der Waals surface area contributed by atoms with Gasteiger partial charge in [0.2, 0.25) is 10.0 Å². The molecule has 8 heteroatoms. The zero-order chi connectivity index (χ0) is 16.1. The molecular formula is C14H20N4O3S. The van der Waals surface area contributed by atoms with Crippen LogP contribution in [0.4, 0.5) is 0 Å². The fraction of sp³-hybridized carbons (Fsp3) is 0.500. The number of sulfonamides is 1. The van der Waals surface area contributed by atoms with Crippen LogP contribution >= 0.6 is 0 Å². The Kier molecular flexibility index (Phi) is 3.62. The van der Waals surface area contributed by atoms with Crippen LogP contribution in [-0.2, 0) is 10.0 Å². The Morgan fingerprint density at radius 1 is 1.09 bits per heavy atom. The molecule has 0 radical (unpaired) electrons. The summed E-state index contributed by atoms with van der Waals surface area (Å²) in [6.07, 6.45) is 0. The average Bonchev–Trinajstić information content (AvgIpc) is 2.83. The molecule has 2 N–H and O–H groups in total. The summed E-state index contributed by atoms with van der Waals surface area (Å²) in [7, 11) is -1.55. The molecule has 1 aromatic carbocycles. The van der Waals surface area contributed by atoms with Gasteiger partial charge in [-0.15, -0.1) is 0 Å². The highest BCUT2D eigenvalue weighted by atomic mass is 32.2. The Balaban J connectivity index is 1.98. The fourth-order valence-corrected chi connectivity index (χ4v) is 4.50. The molecule has 1 aromatic heterocycles. The summed E-state index contributed by atoms with van der Waals surface area (Å²) >= 11 is 0. The van der Waals surface area contributed by atoms with E-state index in [-0.39, 0.29) is 22.7 Å². The van der Waals surface area contributed by atoms with Crippen LogP contribution in [0.2, 0.25) is 0 Å². The first kappa shape index (κ1) is 15.3. The number of fused-ring (bicyclic) bond motifs is 1. The van der Waals surface area contributed by atoms with E-state index in [4.69, 9.17) is 0 Å². The molecule has 7 nitrogen and oxygen atoms in total. The third-order valence-electron chi connectivity index (χ3n) is 4.45. The van der Waals surface area contributed by atoms with Crippen LogP contribution in [0.3, 0.4) is 0 Å². The minimum absolute atomic E-state index is 0.161. The number of nitrogens with zero attached hydrogens (tertiary/aromatic N) is 2. The zero-order valence-electron chi connectivity index (χ0n) is 12.8. The first-order valence-corrected chi connectivity index (χ1v) is 8.67. The maximum absolute atomic E-state index is 12.8. The lowest BCUT2D eigenvalue weighted by Gasteiger charge is -2.41. The summed E-state index contributed by atoms with van der Waals surface area (Å²) in [5, 5.41) is 0. The molecule has 0 bridgehead atoms. The predicted molar refractivity (Wildman–Crippen MR) is 84.4 cm³/mol. The van der Waals surface area contributed by atoms with Crippen LogP contribution in [0, 0.1) is 0 Å². The van der Waals surface area contributed by atoms with E-state index in [1.807, 2.05) is 20.9 Å². The number of H-pyrrole nitrogens is 2. The minimum Gasteiger partial charge on any atom is -0.306 e. The highest BCUT2D eigenvalue weighted by Gasteiger charge is 2.34. The second-order valence-electron chi connectivity index (χ2n) is 5.97. The zero-order valence-corrected chi connectivity index (χ0v) is 13.6. The van der Waals surface area contributed by atoms with E-state index in [2.05, 4.69) is 14.9 Å². The van der Waals surface area contributed by atoms with Crippen molar-refractivity contribution in [1.29, 1.82) is 0 Å². The van der Waals surface area contributed by atoms with Gasteiger partial charge in [-0.2, -0.15) is 4.31 Å². The van der Waals surface area contributed by atoms with E-state index in [1.54, 1.807) is 6.07 Å². The van der Waals surface area contributed by atoms with Crippen molar-refractivity contribution < 1.29 is 8.42 Å². The molecule has 0 aliphatic carbocycles. The molecule has 22 heavy (non-hydrogen) atoms. The second kappa shape index (κ2) is 5.22. The highest BCUT2D eigenvalue weighted by Crippen LogP contribution is 2.23. The van der Waals surface area contributed by atoms with Gasteiger partial charge in [0.25, 0.3) is 0 Å². The SMILES string of the molecule is CC1CN(S(=O)(=O)c2ccc3[nH]c(=O)[nH]c3c2)CC(C)N1C. The average molecular weight is 324 g/mol. The summed E-state index contributed by atoms with van der Waals surface area (Å²) in [5.41, 5.74) is 0.761. The normalized spacial score (nSPS) is 24.9. The van der Waals surface area contributed by atoms with E-state index in [0.29, 0.717) is 24.1 Å². The summed E-state index contributed by atoms with van der Waals surface area (Å²) in [6, 6.07) is 4.98. The lowest BCUT2D eigenvalue weighted by atomic mass is 10.1. The van der Waals surface area contributed by atoms with E-state index < -0.39 is 10.0 Å². The topological polar surface area (TPSA) is 89.3 Å². The number of likely N-dealkylation sites (N-methyl/N-ethyl adjacent to an activating group) is 1. The standard InChI is InChI=1S/C14H20N4O3S/c1-9-7-18(8-10(2)17(9)3)22(20,21)11-4-5-12-13(6-11)16-14(19)15-12/h4-6,9-10H,7-8H2,1-3H3,(H2,15,16,19). The number of nitrogens with one attached hydrogen (secondary N) is 2. The van der Waals surface area contributed by atoms with Crippen LogP contribution in [0.1, 0.15) is 13.8 Å². The van der Waals surface area contributed by atoms with Crippen LogP contribution in [0.15, 0.2) is 27.9 Å². The Bertz CT molecular complexity index is 842. The van der Waals surface area contributed by atoms with Crippen molar-refractivity contribution in [2.45, 2.75) is 30.8 Å². The molecule has 1 aliphatic heterocycles. The molecule has 1 aliphatic rings. The minimum atomic E-state index is -3.56. The number of aromatic nitrogens is 2. The third kappa shape index (κ3) is 2.47. The number of rotatable bonds is 2. The van der Waals surface area contributed by atoms with Crippen molar-refractivity contribution in [2.24, 2.45) is 0 Å². The van der Waals surface area contributed by atoms with Gasteiger partial charge in [-0.05, 0) is 39.1 Å². The monoisotopic (exact) mass is 324 g/mol. The van der Waals surface area contributed by atoms with Gasteiger partial charge in [0.1, 0.15) is 0 Å². The number of piperazine rings is 1. The first-order valence-electron chi connectivity index (χ1n) is 7.23. The molecule has 1 fully saturated rings. The van der Waals surface area contributed by atoms with Crippen LogP contribution in [0.5, 0.6) is 0 Å². The Hall–Kier alpha value is -1.64. The molecule has 2 heterocycles. The predicted octanol–water partition coefficient (Wildman–Crippen LogP) is 0.569. The number of hydrogen-bond acceptors (Lipinski definition) is 4. The summed E-state index contributed by atoms with van der Waals surface area (Å²) in [4.78, 5) is 18.9. The Morgan fingerprint density at radius 3 is 2.32 bits per heavy atom. The number of imidazole rings is 1. The molecule has 3 rings (SSSR count). The van der Waals surface area contributed by atoms with E-state index in [0.717, 1.165) is 0 Å². The largest absolute Gasteiger partial charge is 0.323 e. The van der Waals surface area contributed by atoms with Crippen molar-refractivity contribution in [3.05, 3.63) is 28.7 Å². The second-order valence-corrected chi connectivity index (χ2v) is 7.91. The molecule has 0 saturated carbocycles. The molecule has 1 saturated heterocycles. The van der Waals surface area contributed by atoms with E-state index in [9.17, 15) is 13.2 Å². The van der Waals surface area contributed by atoms with Gasteiger partial charge in [0, 0.05) is 25.2 Å². The van der Waals surface area contributed by atoms with Crippen LogP contribution in [0.25, 0.3) is 11.0 Å². The molecule has 120 valence electrons. The molecule has 2 atom stereocenters. The quantitative estimate of drug-likeness (QED) is 0.845. The van der Waals surface area contributed by atoms with Gasteiger partial charge in [0.05, 0.1) is 15.9 Å². The Labute approximate surface area is 129 Å². The lowest BCUT2D eigenvalue weighted by Crippen LogP contribution is -2.56. The summed E-state index contributed by atoms with van der Waals surface area (Å²) in [6.45, 7) is 4.96. The van der Waals surface area contributed by atoms with Crippen molar-refractivity contribution in [2.75, 3.05) is 20.1 Å². The number of aromatic amines is 2. The van der Waals surface area contributed by atoms with Crippen LogP contribution < -0.4 is 5.69 Å². The number of hydrogen-bond donors (Lipinski definition) is 2. The maximum atomic E-state index is 12.8. The van der Waals surface area contributed by atoms with Crippen molar-refractivity contribution in [1.82, 2.24) is 19.2 Å². The number of benzene rings is 1. The molecule has 0 spiro atoms. The first-order chi connectivity index (χ1) is 10.3. The van der Waals surface area contributed by atoms with Crippen molar-refractivity contribution in [3.63, 3.8) is 0 Å². The fourth-order valence-electron chi connectivity index (χ4n) is 2.87. The summed E-state index contributed by atoms with van der Waals surface area (Å²) in [5.74, 6) is 0. The van der Waals surface area contributed by atoms with Crippen molar-refractivity contribution in [3.8, 4) is 0 Å². The van der Waals surface area contributed by atoms with Gasteiger partial charge in [0.15, 0.2) is 0 Å². The lowest BCUT2D eigenvalue weighted by molar-refractivity contribution is 0.105. The molecule has 2 unspecified atom stereocenters. The summed E-state index contributed by atoms with van der Waals surface area (Å²) < 4.78 is 27.2. The van der Waals surface area contributed by atoms with Gasteiger partial charge >= 0.3 is 5.69 Å². The van der Waals surface area contributed by atoms with E-state index >= 15 is 0 Å². The highest BCUT2D eigenvalue weighted by molar-refractivity contribution is 7.89. The smallest absolute Gasteiger partial charge is 0.306 e. The van der Waals surface area contributed by atoms with E-state index in [1.165, 1.54) is 16.4 Å². The molecule has 2 aromatic rings.